The van der Waals surface area contributed by atoms with Crippen LogP contribution in [0.2, 0.25) is 0 Å². The fourth-order valence-electron chi connectivity index (χ4n) is 1.73. The molecule has 2 N–H and O–H groups in total. The summed E-state index contributed by atoms with van der Waals surface area (Å²) >= 11 is 2.20. The Morgan fingerprint density at radius 3 is 2.72 bits per heavy atom. The first-order chi connectivity index (χ1) is 8.26. The van der Waals surface area contributed by atoms with Crippen LogP contribution in [-0.4, -0.2) is 41.7 Å². The molecule has 1 aromatic carbocycles. The maximum absolute atomic E-state index is 11.8. The van der Waals surface area contributed by atoms with Gasteiger partial charge in [0.25, 0.3) is 0 Å². The Balaban J connectivity index is 2.47. The lowest BCUT2D eigenvalue weighted by atomic mass is 10.1. The Hall–Kier alpha value is -0.660. The number of carbonyl (C=O) groups is 1. The summed E-state index contributed by atoms with van der Waals surface area (Å²) in [6.45, 7) is 4.16. The van der Waals surface area contributed by atoms with Gasteiger partial charge >= 0.3 is 0 Å². The van der Waals surface area contributed by atoms with Crippen LogP contribution in [-0.2, 0) is 4.79 Å². The zero-order valence-electron chi connectivity index (χ0n) is 10.9. The van der Waals surface area contributed by atoms with E-state index in [-0.39, 0.29) is 12.5 Å². The molecular formula is C13H19IN2O2. The van der Waals surface area contributed by atoms with Crippen molar-refractivity contribution in [2.45, 2.75) is 19.4 Å². The van der Waals surface area contributed by atoms with Gasteiger partial charge in [0.05, 0.1) is 12.1 Å². The molecule has 0 aliphatic carbocycles. The Labute approximate surface area is 122 Å². The van der Waals surface area contributed by atoms with Gasteiger partial charge in [0.2, 0.25) is 5.91 Å². The molecule has 0 radical (unpaired) electrons. The normalized spacial score (nSPS) is 11.7. The summed E-state index contributed by atoms with van der Waals surface area (Å²) in [5.74, 6) is -0.0799. The number of nitrogens with zero attached hydrogens (tertiary/aromatic N) is 1. The molecule has 0 saturated carbocycles. The Bertz CT molecular complexity index is 416. The molecular weight excluding hydrogens is 343 g/mol. The maximum atomic E-state index is 11.8. The third-order valence-corrected chi connectivity index (χ3v) is 2.85. The number of amides is 1. The highest BCUT2D eigenvalue weighted by Gasteiger charge is 2.17. The van der Waals surface area contributed by atoms with Crippen molar-refractivity contribution in [3.8, 4) is 0 Å². The molecule has 18 heavy (non-hydrogen) atoms. The van der Waals surface area contributed by atoms with E-state index in [1.807, 2.05) is 31.3 Å². The Morgan fingerprint density at radius 2 is 2.17 bits per heavy atom. The predicted octanol–water partition coefficient (Wildman–Crippen LogP) is 1.93. The fourth-order valence-corrected chi connectivity index (χ4v) is 2.27. The van der Waals surface area contributed by atoms with Gasteiger partial charge in [0.1, 0.15) is 0 Å². The molecule has 0 fully saturated rings. The first-order valence-corrected chi connectivity index (χ1v) is 6.80. The number of aliphatic hydroxyl groups is 1. The van der Waals surface area contributed by atoms with E-state index in [2.05, 4.69) is 27.9 Å². The minimum Gasteiger partial charge on any atom is -0.389 e. The molecule has 1 amide bonds. The zero-order valence-corrected chi connectivity index (χ0v) is 13.1. The number of likely N-dealkylation sites (N-methyl/N-ethyl adjacent to an activating group) is 1. The van der Waals surface area contributed by atoms with E-state index in [9.17, 15) is 9.90 Å². The van der Waals surface area contributed by atoms with Crippen LogP contribution in [0.4, 0.5) is 5.69 Å². The number of benzene rings is 1. The van der Waals surface area contributed by atoms with Crippen molar-refractivity contribution in [3.63, 3.8) is 0 Å². The molecule has 5 heteroatoms. The van der Waals surface area contributed by atoms with Crippen molar-refractivity contribution in [2.24, 2.45) is 0 Å². The maximum Gasteiger partial charge on any atom is 0.238 e. The standard InChI is InChI=1S/C13H19IN2O2/c1-13(2,18)9-16(3)8-12(17)15-11-6-4-5-10(14)7-11/h4-7,18H,8-9H2,1-3H3,(H,15,17). The van der Waals surface area contributed by atoms with Crippen molar-refractivity contribution < 1.29 is 9.90 Å². The molecule has 0 saturated heterocycles. The number of anilines is 1. The van der Waals surface area contributed by atoms with Gasteiger partial charge in [-0.3, -0.25) is 9.69 Å². The summed E-state index contributed by atoms with van der Waals surface area (Å²) in [5.41, 5.74) is 0.000473. The van der Waals surface area contributed by atoms with Crippen LogP contribution in [0.3, 0.4) is 0 Å². The molecule has 0 aliphatic heterocycles. The van der Waals surface area contributed by atoms with Gasteiger partial charge in [0, 0.05) is 15.8 Å². The summed E-state index contributed by atoms with van der Waals surface area (Å²) in [6.07, 6.45) is 0. The number of carbonyl (C=O) groups excluding carboxylic acids is 1. The van der Waals surface area contributed by atoms with E-state index in [0.717, 1.165) is 9.26 Å². The monoisotopic (exact) mass is 362 g/mol. The van der Waals surface area contributed by atoms with Gasteiger partial charge in [-0.15, -0.1) is 0 Å². The summed E-state index contributed by atoms with van der Waals surface area (Å²) in [6, 6.07) is 7.64. The second-order valence-electron chi connectivity index (χ2n) is 5.04. The topological polar surface area (TPSA) is 52.6 Å². The third-order valence-electron chi connectivity index (χ3n) is 2.18. The van der Waals surface area contributed by atoms with Crippen LogP contribution in [0.1, 0.15) is 13.8 Å². The van der Waals surface area contributed by atoms with E-state index in [1.165, 1.54) is 0 Å². The summed E-state index contributed by atoms with van der Waals surface area (Å²) in [4.78, 5) is 13.6. The minimum absolute atomic E-state index is 0.0799. The van der Waals surface area contributed by atoms with Crippen LogP contribution in [0, 0.1) is 3.57 Å². The number of hydrogen-bond donors (Lipinski definition) is 2. The lowest BCUT2D eigenvalue weighted by molar-refractivity contribution is -0.117. The molecule has 0 aliphatic rings. The molecule has 4 nitrogen and oxygen atoms in total. The van der Waals surface area contributed by atoms with Gasteiger partial charge in [-0.05, 0) is 61.7 Å². The predicted molar refractivity (Wildman–Crippen MR) is 81.6 cm³/mol. The summed E-state index contributed by atoms with van der Waals surface area (Å²) in [7, 11) is 1.81. The molecule has 0 spiro atoms. The molecule has 100 valence electrons. The fraction of sp³-hybridized carbons (Fsp3) is 0.462. The zero-order chi connectivity index (χ0) is 13.8. The van der Waals surface area contributed by atoms with Crippen LogP contribution in [0.5, 0.6) is 0 Å². The van der Waals surface area contributed by atoms with Crippen molar-refractivity contribution >= 4 is 34.2 Å². The SMILES string of the molecule is CN(CC(=O)Nc1cccc(I)c1)CC(C)(C)O. The van der Waals surface area contributed by atoms with E-state index in [4.69, 9.17) is 0 Å². The largest absolute Gasteiger partial charge is 0.389 e. The number of rotatable bonds is 5. The Morgan fingerprint density at radius 1 is 1.50 bits per heavy atom. The highest BCUT2D eigenvalue weighted by Crippen LogP contribution is 2.12. The molecule has 0 atom stereocenters. The van der Waals surface area contributed by atoms with Gasteiger partial charge in [-0.2, -0.15) is 0 Å². The van der Waals surface area contributed by atoms with E-state index < -0.39 is 5.60 Å². The first-order valence-electron chi connectivity index (χ1n) is 5.72. The molecule has 0 bridgehead atoms. The lowest BCUT2D eigenvalue weighted by Gasteiger charge is -2.24. The van der Waals surface area contributed by atoms with Crippen molar-refractivity contribution in [2.75, 3.05) is 25.5 Å². The summed E-state index contributed by atoms with van der Waals surface area (Å²) in [5, 5.41) is 12.5. The van der Waals surface area contributed by atoms with E-state index in [0.29, 0.717) is 6.54 Å². The smallest absolute Gasteiger partial charge is 0.238 e. The van der Waals surface area contributed by atoms with Gasteiger partial charge < -0.3 is 10.4 Å². The number of hydrogen-bond acceptors (Lipinski definition) is 3. The Kier molecular flexibility index (Phi) is 5.55. The van der Waals surface area contributed by atoms with Crippen LogP contribution < -0.4 is 5.32 Å². The average molecular weight is 362 g/mol. The van der Waals surface area contributed by atoms with Gasteiger partial charge in [0.15, 0.2) is 0 Å². The third kappa shape index (κ3) is 6.32. The average Bonchev–Trinajstić information content (AvgIpc) is 2.13. The van der Waals surface area contributed by atoms with Crippen molar-refractivity contribution in [1.29, 1.82) is 0 Å². The number of nitrogens with one attached hydrogen (secondary N) is 1. The number of halogens is 1. The van der Waals surface area contributed by atoms with Gasteiger partial charge in [-0.1, -0.05) is 6.07 Å². The first kappa shape index (κ1) is 15.4. The van der Waals surface area contributed by atoms with Crippen molar-refractivity contribution in [1.82, 2.24) is 4.90 Å². The highest BCUT2D eigenvalue weighted by atomic mass is 127. The van der Waals surface area contributed by atoms with Gasteiger partial charge in [-0.25, -0.2) is 0 Å². The molecule has 1 aromatic rings. The highest BCUT2D eigenvalue weighted by molar-refractivity contribution is 14.1. The minimum atomic E-state index is -0.794. The van der Waals surface area contributed by atoms with Crippen LogP contribution in [0.15, 0.2) is 24.3 Å². The van der Waals surface area contributed by atoms with E-state index in [1.54, 1.807) is 18.7 Å². The molecule has 0 heterocycles. The second-order valence-corrected chi connectivity index (χ2v) is 6.29. The van der Waals surface area contributed by atoms with Crippen molar-refractivity contribution in [3.05, 3.63) is 27.8 Å². The van der Waals surface area contributed by atoms with Crippen LogP contribution >= 0.6 is 22.6 Å². The second kappa shape index (κ2) is 6.49. The lowest BCUT2D eigenvalue weighted by Crippen LogP contribution is -2.40. The molecule has 1 rings (SSSR count). The molecule has 0 unspecified atom stereocenters. The summed E-state index contributed by atoms with van der Waals surface area (Å²) < 4.78 is 1.08. The quantitative estimate of drug-likeness (QED) is 0.788. The van der Waals surface area contributed by atoms with Crippen LogP contribution in [0.25, 0.3) is 0 Å². The van der Waals surface area contributed by atoms with E-state index >= 15 is 0 Å². The molecule has 0 aromatic heterocycles.